The van der Waals surface area contributed by atoms with Crippen LogP contribution >= 0.6 is 0 Å². The number of hydrogen-bond donors (Lipinski definition) is 2. The molecule has 3 aromatic rings. The van der Waals surface area contributed by atoms with E-state index in [2.05, 4.69) is 15.2 Å². The van der Waals surface area contributed by atoms with Crippen LogP contribution in [-0.2, 0) is 10.0 Å². The summed E-state index contributed by atoms with van der Waals surface area (Å²) in [5.74, 6) is 0.501. The number of hydrazone groups is 1. The molecule has 0 saturated carbocycles. The summed E-state index contributed by atoms with van der Waals surface area (Å²) < 4.78 is 32.6. The van der Waals surface area contributed by atoms with Crippen molar-refractivity contribution in [1.82, 2.24) is 0 Å². The van der Waals surface area contributed by atoms with Gasteiger partial charge in [-0.25, -0.2) is 8.42 Å². The van der Waals surface area contributed by atoms with E-state index in [0.29, 0.717) is 17.2 Å². The molecule has 0 saturated heterocycles. The van der Waals surface area contributed by atoms with Crippen LogP contribution in [0.25, 0.3) is 0 Å². The van der Waals surface area contributed by atoms with E-state index in [1.165, 1.54) is 18.4 Å². The highest BCUT2D eigenvalue weighted by molar-refractivity contribution is 7.92. The summed E-state index contributed by atoms with van der Waals surface area (Å²) in [5.41, 5.74) is 3.04. The second-order valence-electron chi connectivity index (χ2n) is 5.69. The zero-order chi connectivity index (χ0) is 20.1. The molecule has 0 atom stereocenters. The van der Waals surface area contributed by atoms with Crippen LogP contribution in [0.15, 0.2) is 81.3 Å². The molecule has 0 spiro atoms. The monoisotopic (exact) mass is 400 g/mol. The minimum absolute atomic E-state index is 0.0505. The molecule has 1 aromatic heterocycles. The molecule has 0 bridgehead atoms. The van der Waals surface area contributed by atoms with Crippen molar-refractivity contribution in [2.45, 2.75) is 11.8 Å². The van der Waals surface area contributed by atoms with E-state index in [1.54, 1.807) is 49.4 Å². The maximum Gasteiger partial charge on any atom is 0.295 e. The first-order chi connectivity index (χ1) is 13.4. The Hall–Kier alpha value is -3.66. The summed E-state index contributed by atoms with van der Waals surface area (Å²) >= 11 is 0. The number of para-hydroxylation sites is 1. The lowest BCUT2D eigenvalue weighted by Gasteiger charge is -2.09. The van der Waals surface area contributed by atoms with Crippen LogP contribution < -0.4 is 10.1 Å². The maximum absolute atomic E-state index is 12.5. The van der Waals surface area contributed by atoms with Crippen molar-refractivity contribution in [2.24, 2.45) is 5.10 Å². The second kappa shape index (κ2) is 7.92. The minimum atomic E-state index is -3.99. The summed E-state index contributed by atoms with van der Waals surface area (Å²) in [4.78, 5) is 10.5. The number of nitrogens with one attached hydrogen (secondary N) is 2. The van der Waals surface area contributed by atoms with Gasteiger partial charge in [0.2, 0.25) is 0 Å². The highest BCUT2D eigenvalue weighted by Gasteiger charge is 2.21. The van der Waals surface area contributed by atoms with E-state index >= 15 is 0 Å². The van der Waals surface area contributed by atoms with Crippen LogP contribution in [0.2, 0.25) is 0 Å². The van der Waals surface area contributed by atoms with Crippen LogP contribution in [0, 0.1) is 10.1 Å². The Morgan fingerprint density at radius 1 is 1.11 bits per heavy atom. The zero-order valence-electron chi connectivity index (χ0n) is 14.7. The Morgan fingerprint density at radius 3 is 2.50 bits per heavy atom. The van der Waals surface area contributed by atoms with Gasteiger partial charge in [0.1, 0.15) is 17.2 Å². The lowest BCUT2D eigenvalue weighted by molar-refractivity contribution is -0.384. The number of nitrogens with zero attached hydrogens (tertiary/aromatic N) is 2. The van der Waals surface area contributed by atoms with Gasteiger partial charge in [0, 0.05) is 11.8 Å². The third kappa shape index (κ3) is 4.35. The molecule has 2 N–H and O–H groups in total. The number of sulfonamides is 1. The summed E-state index contributed by atoms with van der Waals surface area (Å²) in [5, 5.41) is 15.5. The average molecular weight is 400 g/mol. The highest BCUT2D eigenvalue weighted by atomic mass is 32.2. The molecular weight excluding hydrogens is 384 g/mol. The fourth-order valence-electron chi connectivity index (χ4n) is 2.33. The van der Waals surface area contributed by atoms with Crippen LogP contribution in [0.1, 0.15) is 12.7 Å². The number of hydrogen-bond acceptors (Lipinski definition) is 7. The van der Waals surface area contributed by atoms with Gasteiger partial charge in [-0.2, -0.15) is 5.10 Å². The number of rotatable bonds is 7. The molecule has 2 aromatic carbocycles. The predicted molar refractivity (Wildman–Crippen MR) is 105 cm³/mol. The van der Waals surface area contributed by atoms with Gasteiger partial charge in [0.05, 0.1) is 16.1 Å². The fourth-order valence-corrected chi connectivity index (χ4v) is 3.41. The molecule has 10 heteroatoms. The van der Waals surface area contributed by atoms with Crippen LogP contribution in [0.3, 0.4) is 0 Å². The Bertz CT molecular complexity index is 1110. The number of nitro benzene ring substituents is 1. The normalized spacial score (nSPS) is 11.8. The van der Waals surface area contributed by atoms with Crippen molar-refractivity contribution in [1.29, 1.82) is 0 Å². The molecule has 1 heterocycles. The molecule has 3 rings (SSSR count). The van der Waals surface area contributed by atoms with Crippen molar-refractivity contribution in [2.75, 3.05) is 10.1 Å². The second-order valence-corrected chi connectivity index (χ2v) is 7.38. The maximum atomic E-state index is 12.5. The molecular formula is C18H16N4O5S. The van der Waals surface area contributed by atoms with E-state index < -0.39 is 20.6 Å². The van der Waals surface area contributed by atoms with Crippen molar-refractivity contribution in [3.63, 3.8) is 0 Å². The van der Waals surface area contributed by atoms with Gasteiger partial charge in [0.15, 0.2) is 0 Å². The Balaban J connectivity index is 1.89. The first kappa shape index (κ1) is 19.1. The molecule has 0 aliphatic carbocycles. The summed E-state index contributed by atoms with van der Waals surface area (Å²) in [6.45, 7) is 1.67. The molecule has 0 amide bonds. The quantitative estimate of drug-likeness (QED) is 0.353. The van der Waals surface area contributed by atoms with Crippen molar-refractivity contribution < 1.29 is 17.8 Å². The van der Waals surface area contributed by atoms with Crippen LogP contribution in [0.5, 0.6) is 0 Å². The Labute approximate surface area is 160 Å². The van der Waals surface area contributed by atoms with Gasteiger partial charge < -0.3 is 4.42 Å². The van der Waals surface area contributed by atoms with E-state index in [-0.39, 0.29) is 10.6 Å². The van der Waals surface area contributed by atoms with Gasteiger partial charge >= 0.3 is 0 Å². The van der Waals surface area contributed by atoms with Crippen LogP contribution in [-0.4, -0.2) is 19.1 Å². The Morgan fingerprint density at radius 2 is 1.86 bits per heavy atom. The van der Waals surface area contributed by atoms with Gasteiger partial charge in [0.25, 0.3) is 15.7 Å². The molecule has 0 unspecified atom stereocenters. The lowest BCUT2D eigenvalue weighted by atomic mass is 10.3. The zero-order valence-corrected chi connectivity index (χ0v) is 15.5. The van der Waals surface area contributed by atoms with Gasteiger partial charge in [-0.05, 0) is 43.3 Å². The van der Waals surface area contributed by atoms with Gasteiger partial charge in [-0.15, -0.1) is 0 Å². The molecule has 144 valence electrons. The third-order valence-corrected chi connectivity index (χ3v) is 5.10. The average Bonchev–Trinajstić information content (AvgIpc) is 3.21. The lowest BCUT2D eigenvalue weighted by Crippen LogP contribution is -2.13. The number of nitro groups is 1. The van der Waals surface area contributed by atoms with E-state index in [9.17, 15) is 18.5 Å². The molecule has 0 aliphatic heterocycles. The first-order valence-corrected chi connectivity index (χ1v) is 9.55. The first-order valence-electron chi connectivity index (χ1n) is 8.07. The van der Waals surface area contributed by atoms with Gasteiger partial charge in [-0.3, -0.25) is 20.3 Å². The largest absolute Gasteiger partial charge is 0.463 e. The number of benzene rings is 2. The Kier molecular flexibility index (Phi) is 5.41. The van der Waals surface area contributed by atoms with E-state index in [0.717, 1.165) is 6.07 Å². The molecule has 28 heavy (non-hydrogen) atoms. The predicted octanol–water partition coefficient (Wildman–Crippen LogP) is 3.82. The SMILES string of the molecule is C/C(=N\Nc1ccc(S(=O)(=O)Nc2ccccc2)cc1[N+](=O)[O-])c1ccco1. The standard InChI is InChI=1S/C18H16N4O5S/c1-13(18-8-5-11-27-18)19-20-16-10-9-15(12-17(16)22(23)24)28(25,26)21-14-6-3-2-4-7-14/h2-12,20-21H,1H3/b19-13+. The fraction of sp³-hybridized carbons (Fsp3) is 0.0556. The summed E-state index contributed by atoms with van der Waals surface area (Å²) in [6, 6.07) is 15.2. The van der Waals surface area contributed by atoms with Crippen molar-refractivity contribution in [3.05, 3.63) is 82.8 Å². The molecule has 9 nitrogen and oxygen atoms in total. The molecule has 0 fully saturated rings. The summed E-state index contributed by atoms with van der Waals surface area (Å²) in [6.07, 6.45) is 1.48. The summed E-state index contributed by atoms with van der Waals surface area (Å²) in [7, 11) is -3.99. The minimum Gasteiger partial charge on any atom is -0.463 e. The van der Waals surface area contributed by atoms with Crippen molar-refractivity contribution in [3.8, 4) is 0 Å². The van der Waals surface area contributed by atoms with Gasteiger partial charge in [-0.1, -0.05) is 18.2 Å². The number of anilines is 2. The van der Waals surface area contributed by atoms with E-state index in [1.807, 2.05) is 0 Å². The molecule has 0 aliphatic rings. The topological polar surface area (TPSA) is 127 Å². The van der Waals surface area contributed by atoms with E-state index in [4.69, 9.17) is 4.42 Å². The van der Waals surface area contributed by atoms with Crippen LogP contribution in [0.4, 0.5) is 17.1 Å². The molecule has 0 radical (unpaired) electrons. The smallest absolute Gasteiger partial charge is 0.295 e. The van der Waals surface area contributed by atoms with Crippen molar-refractivity contribution >= 4 is 32.8 Å². The third-order valence-electron chi connectivity index (χ3n) is 3.72. The highest BCUT2D eigenvalue weighted by Crippen LogP contribution is 2.28. The number of furan rings is 1.